The number of nitrogens with zero attached hydrogens (tertiary/aromatic N) is 3. The number of nitrogens with one attached hydrogen (secondary N) is 1. The van der Waals surface area contributed by atoms with E-state index >= 15 is 0 Å². The third-order valence-electron chi connectivity index (χ3n) is 4.59. The van der Waals surface area contributed by atoms with Gasteiger partial charge in [-0.3, -0.25) is 8.96 Å². The zero-order valence-electron chi connectivity index (χ0n) is 14.2. The molecule has 0 amide bonds. The lowest BCUT2D eigenvalue weighted by Gasteiger charge is -2.34. The molecule has 3 aromatic rings. The number of halogens is 1. The van der Waals surface area contributed by atoms with Crippen LogP contribution in [0.1, 0.15) is 13.3 Å². The molecule has 4 rings (SSSR count). The van der Waals surface area contributed by atoms with Gasteiger partial charge in [0.25, 0.3) is 0 Å². The first-order chi connectivity index (χ1) is 12.2. The van der Waals surface area contributed by atoms with E-state index in [9.17, 15) is 4.39 Å². The van der Waals surface area contributed by atoms with Crippen molar-refractivity contribution >= 4 is 28.7 Å². The molecule has 1 N–H and O–H groups in total. The molecule has 1 aliphatic rings. The largest absolute Gasteiger partial charge is 0.366 e. The topological polar surface area (TPSA) is 33.1 Å². The van der Waals surface area contributed by atoms with Crippen molar-refractivity contribution in [2.75, 3.05) is 24.5 Å². The third kappa shape index (κ3) is 3.37. The molecule has 6 heteroatoms. The van der Waals surface area contributed by atoms with E-state index in [-0.39, 0.29) is 5.82 Å². The fourth-order valence-electron chi connectivity index (χ4n) is 3.28. The molecule has 1 atom stereocenters. The molecule has 1 aromatic carbocycles. The van der Waals surface area contributed by atoms with Gasteiger partial charge in [0, 0.05) is 43.0 Å². The van der Waals surface area contributed by atoms with E-state index in [2.05, 4.69) is 38.4 Å². The smallest absolute Gasteiger partial charge is 0.124 e. The molecule has 0 spiro atoms. The predicted molar refractivity (Wildman–Crippen MR) is 102 cm³/mol. The van der Waals surface area contributed by atoms with Gasteiger partial charge in [-0.05, 0) is 48.7 Å². The van der Waals surface area contributed by atoms with E-state index in [4.69, 9.17) is 0 Å². The van der Waals surface area contributed by atoms with Crippen LogP contribution in [0.5, 0.6) is 0 Å². The summed E-state index contributed by atoms with van der Waals surface area (Å²) in [6, 6.07) is 11.2. The van der Waals surface area contributed by atoms with Crippen molar-refractivity contribution in [1.82, 2.24) is 14.3 Å². The second kappa shape index (κ2) is 7.06. The Morgan fingerprint density at radius 3 is 3.08 bits per heavy atom. The summed E-state index contributed by atoms with van der Waals surface area (Å²) >= 11 is 1.52. The Morgan fingerprint density at radius 1 is 1.32 bits per heavy atom. The number of pyridine rings is 1. The molecule has 1 aliphatic heterocycles. The van der Waals surface area contributed by atoms with Crippen LogP contribution >= 0.6 is 11.9 Å². The average Bonchev–Trinajstić information content (AvgIpc) is 3.01. The highest BCUT2D eigenvalue weighted by Gasteiger charge is 2.22. The summed E-state index contributed by atoms with van der Waals surface area (Å²) in [5.74, 6) is -0.215. The van der Waals surface area contributed by atoms with Gasteiger partial charge in [0.15, 0.2) is 0 Å². The van der Waals surface area contributed by atoms with Gasteiger partial charge in [-0.25, -0.2) is 4.39 Å². The molecule has 0 saturated carbocycles. The van der Waals surface area contributed by atoms with Crippen LogP contribution in [0.4, 0.5) is 10.1 Å². The zero-order chi connectivity index (χ0) is 17.2. The second-order valence-corrected chi connectivity index (χ2v) is 7.31. The van der Waals surface area contributed by atoms with Crippen LogP contribution in [-0.4, -0.2) is 34.6 Å². The maximum Gasteiger partial charge on any atom is 0.124 e. The van der Waals surface area contributed by atoms with E-state index in [1.54, 1.807) is 12.1 Å². The SMILES string of the molecule is CC[C@H]1CN(c2cn(Sc3cccc(F)c3)c3cccnc23)CCN1. The van der Waals surface area contributed by atoms with Crippen LogP contribution in [0, 0.1) is 5.82 Å². The number of benzene rings is 1. The monoisotopic (exact) mass is 356 g/mol. The Hall–Kier alpha value is -2.05. The molecule has 1 saturated heterocycles. The molecule has 0 aliphatic carbocycles. The van der Waals surface area contributed by atoms with Crippen molar-refractivity contribution in [3.05, 3.63) is 54.6 Å². The van der Waals surface area contributed by atoms with Crippen molar-refractivity contribution in [3.8, 4) is 0 Å². The standard InChI is InChI=1S/C19H21FN4S/c1-2-15-12-23(10-9-21-15)18-13-24(17-7-4-8-22-19(17)18)25-16-6-3-5-14(20)11-16/h3-8,11,13,15,21H,2,9-10,12H2,1H3/t15-/m0/s1. The van der Waals surface area contributed by atoms with Gasteiger partial charge in [-0.2, -0.15) is 0 Å². The Balaban J connectivity index is 1.71. The number of rotatable bonds is 4. The van der Waals surface area contributed by atoms with Crippen LogP contribution in [0.25, 0.3) is 11.0 Å². The lowest BCUT2D eigenvalue weighted by Crippen LogP contribution is -2.50. The Labute approximate surface area is 151 Å². The normalized spacial score (nSPS) is 18.0. The maximum absolute atomic E-state index is 13.5. The van der Waals surface area contributed by atoms with Crippen molar-refractivity contribution in [3.63, 3.8) is 0 Å². The summed E-state index contributed by atoms with van der Waals surface area (Å²) in [5.41, 5.74) is 3.21. The van der Waals surface area contributed by atoms with Gasteiger partial charge in [0.2, 0.25) is 0 Å². The van der Waals surface area contributed by atoms with Crippen molar-refractivity contribution < 1.29 is 4.39 Å². The summed E-state index contributed by atoms with van der Waals surface area (Å²) in [7, 11) is 0. The van der Waals surface area contributed by atoms with E-state index < -0.39 is 0 Å². The summed E-state index contributed by atoms with van der Waals surface area (Å²) in [4.78, 5) is 7.90. The lowest BCUT2D eigenvalue weighted by molar-refractivity contribution is 0.447. The molecule has 0 bridgehead atoms. The Bertz CT molecular complexity index is 879. The van der Waals surface area contributed by atoms with Gasteiger partial charge in [0.1, 0.15) is 11.3 Å². The molecule has 130 valence electrons. The number of piperazine rings is 1. The number of hydrogen-bond acceptors (Lipinski definition) is 4. The van der Waals surface area contributed by atoms with Gasteiger partial charge in [-0.1, -0.05) is 13.0 Å². The molecule has 0 unspecified atom stereocenters. The molecule has 25 heavy (non-hydrogen) atoms. The van der Waals surface area contributed by atoms with Gasteiger partial charge >= 0.3 is 0 Å². The van der Waals surface area contributed by atoms with Crippen molar-refractivity contribution in [1.29, 1.82) is 0 Å². The predicted octanol–water partition coefficient (Wildman–Crippen LogP) is 3.92. The quantitative estimate of drug-likeness (QED) is 0.768. The fourth-order valence-corrected chi connectivity index (χ4v) is 4.21. The van der Waals surface area contributed by atoms with Crippen LogP contribution in [-0.2, 0) is 0 Å². The minimum atomic E-state index is -0.215. The van der Waals surface area contributed by atoms with Crippen LogP contribution in [0.3, 0.4) is 0 Å². The summed E-state index contributed by atoms with van der Waals surface area (Å²) < 4.78 is 15.6. The van der Waals surface area contributed by atoms with Gasteiger partial charge in [0.05, 0.1) is 11.2 Å². The molecular formula is C19H21FN4S. The van der Waals surface area contributed by atoms with Crippen LogP contribution in [0.2, 0.25) is 0 Å². The number of aromatic nitrogens is 2. The highest BCUT2D eigenvalue weighted by Crippen LogP contribution is 2.33. The third-order valence-corrected chi connectivity index (χ3v) is 5.56. The maximum atomic E-state index is 13.5. The number of hydrogen-bond donors (Lipinski definition) is 1. The number of fused-ring (bicyclic) bond motifs is 1. The fraction of sp³-hybridized carbons (Fsp3) is 0.316. The van der Waals surface area contributed by atoms with Crippen molar-refractivity contribution in [2.24, 2.45) is 0 Å². The summed E-state index contributed by atoms with van der Waals surface area (Å²) in [6.07, 6.45) is 5.08. The zero-order valence-corrected chi connectivity index (χ0v) is 15.0. The Kier molecular flexibility index (Phi) is 4.63. The molecule has 3 heterocycles. The molecule has 0 radical (unpaired) electrons. The molecular weight excluding hydrogens is 335 g/mol. The van der Waals surface area contributed by atoms with E-state index in [1.165, 1.54) is 18.0 Å². The first kappa shape index (κ1) is 16.4. The second-order valence-electron chi connectivity index (χ2n) is 6.27. The van der Waals surface area contributed by atoms with E-state index in [0.29, 0.717) is 6.04 Å². The lowest BCUT2D eigenvalue weighted by atomic mass is 10.1. The van der Waals surface area contributed by atoms with Crippen LogP contribution in [0.15, 0.2) is 53.7 Å². The molecule has 1 fully saturated rings. The van der Waals surface area contributed by atoms with E-state index in [0.717, 1.165) is 47.7 Å². The number of anilines is 1. The highest BCUT2D eigenvalue weighted by molar-refractivity contribution is 7.98. The van der Waals surface area contributed by atoms with Gasteiger partial charge < -0.3 is 10.2 Å². The Morgan fingerprint density at radius 2 is 2.24 bits per heavy atom. The average molecular weight is 356 g/mol. The minimum Gasteiger partial charge on any atom is -0.366 e. The van der Waals surface area contributed by atoms with E-state index in [1.807, 2.05) is 18.3 Å². The molecule has 2 aromatic heterocycles. The highest BCUT2D eigenvalue weighted by atomic mass is 32.2. The van der Waals surface area contributed by atoms with Crippen LogP contribution < -0.4 is 10.2 Å². The first-order valence-electron chi connectivity index (χ1n) is 8.63. The first-order valence-corrected chi connectivity index (χ1v) is 9.40. The summed E-state index contributed by atoms with van der Waals surface area (Å²) in [6.45, 7) is 5.14. The van der Waals surface area contributed by atoms with Gasteiger partial charge in [-0.15, -0.1) is 0 Å². The molecule has 4 nitrogen and oxygen atoms in total. The summed E-state index contributed by atoms with van der Waals surface area (Å²) in [5, 5.41) is 3.55. The minimum absolute atomic E-state index is 0.215. The van der Waals surface area contributed by atoms with Crippen molar-refractivity contribution in [2.45, 2.75) is 24.3 Å².